The van der Waals surface area contributed by atoms with Gasteiger partial charge in [-0.25, -0.2) is 23.5 Å². The maximum Gasteiger partial charge on any atom is 0.410 e. The molecule has 1 aromatic carbocycles. The van der Waals surface area contributed by atoms with Crippen molar-refractivity contribution in [3.05, 3.63) is 29.4 Å². The number of carbonyl (C=O) groups is 2. The lowest BCUT2D eigenvalue weighted by Gasteiger charge is -2.28. The van der Waals surface area contributed by atoms with Gasteiger partial charge in [-0.15, -0.1) is 11.3 Å². The number of aromatic nitrogens is 1. The standard InChI is InChI=1S/C31H48N4O6S2/c1-20(2)40-28(36)33-22-12-10-21(11-13-22)27-32-19-25(42-27)24-15-14-23(18-26(24)43(38)34-30(3,4)5)39-17-16-35(9)29(37)41-31(6,7)8/h14-15,18-22,34H,10-13,16-17H2,1-9H3,(H,33,36). The highest BCUT2D eigenvalue weighted by atomic mass is 32.2. The average Bonchev–Trinajstić information content (AvgIpc) is 3.36. The number of nitrogens with one attached hydrogen (secondary N) is 2. The topological polar surface area (TPSA) is 119 Å². The van der Waals surface area contributed by atoms with Crippen molar-refractivity contribution in [1.29, 1.82) is 0 Å². The summed E-state index contributed by atoms with van der Waals surface area (Å²) in [5.74, 6) is 0.871. The van der Waals surface area contributed by atoms with Crippen molar-refractivity contribution in [3.8, 4) is 16.2 Å². The molecule has 0 saturated heterocycles. The summed E-state index contributed by atoms with van der Waals surface area (Å²) in [6.07, 6.45) is 4.52. The molecule has 2 amide bonds. The summed E-state index contributed by atoms with van der Waals surface area (Å²) in [5, 5.41) is 4.02. The fourth-order valence-corrected chi connectivity index (χ4v) is 6.97. The first-order chi connectivity index (χ1) is 20.0. The third-order valence-corrected chi connectivity index (χ3v) is 9.21. The number of benzene rings is 1. The Hall–Kier alpha value is -2.70. The quantitative estimate of drug-likeness (QED) is 0.301. The second-order valence-electron chi connectivity index (χ2n) is 13.2. The highest BCUT2D eigenvalue weighted by Crippen LogP contribution is 2.39. The van der Waals surface area contributed by atoms with E-state index in [4.69, 9.17) is 19.2 Å². The van der Waals surface area contributed by atoms with Gasteiger partial charge in [0.15, 0.2) is 0 Å². The predicted molar refractivity (Wildman–Crippen MR) is 171 cm³/mol. The van der Waals surface area contributed by atoms with Gasteiger partial charge in [0.1, 0.15) is 28.9 Å². The van der Waals surface area contributed by atoms with Gasteiger partial charge in [0, 0.05) is 36.3 Å². The number of rotatable bonds is 10. The first-order valence-electron chi connectivity index (χ1n) is 14.8. The molecule has 0 bridgehead atoms. The molecule has 10 nitrogen and oxygen atoms in total. The summed E-state index contributed by atoms with van der Waals surface area (Å²) in [7, 11) is 0.160. The van der Waals surface area contributed by atoms with E-state index in [1.807, 2.05) is 73.7 Å². The van der Waals surface area contributed by atoms with Gasteiger partial charge in [0.2, 0.25) is 0 Å². The number of amides is 2. The number of hydrogen-bond acceptors (Lipinski definition) is 8. The Morgan fingerprint density at radius 3 is 2.40 bits per heavy atom. The number of thiazole rings is 1. The van der Waals surface area contributed by atoms with E-state index in [1.54, 1.807) is 24.5 Å². The van der Waals surface area contributed by atoms with Crippen molar-refractivity contribution in [2.24, 2.45) is 0 Å². The second-order valence-corrected chi connectivity index (χ2v) is 15.5. The summed E-state index contributed by atoms with van der Waals surface area (Å²) >= 11 is 1.62. The van der Waals surface area contributed by atoms with Crippen LogP contribution in [0.25, 0.3) is 10.4 Å². The van der Waals surface area contributed by atoms with Crippen molar-refractivity contribution in [2.45, 2.75) is 115 Å². The van der Waals surface area contributed by atoms with E-state index in [0.717, 1.165) is 41.1 Å². The molecule has 43 heavy (non-hydrogen) atoms. The molecule has 1 atom stereocenters. The summed E-state index contributed by atoms with van der Waals surface area (Å²) in [6.45, 7) is 15.7. The lowest BCUT2D eigenvalue weighted by molar-refractivity contribution is 0.0278. The van der Waals surface area contributed by atoms with Crippen molar-refractivity contribution in [3.63, 3.8) is 0 Å². The molecular weight excluding hydrogens is 588 g/mol. The van der Waals surface area contributed by atoms with E-state index in [0.29, 0.717) is 23.1 Å². The summed E-state index contributed by atoms with van der Waals surface area (Å²) in [6, 6.07) is 5.68. The van der Waals surface area contributed by atoms with Crippen molar-refractivity contribution >= 4 is 34.5 Å². The Kier molecular flexibility index (Phi) is 12.0. The van der Waals surface area contributed by atoms with Gasteiger partial charge >= 0.3 is 12.2 Å². The lowest BCUT2D eigenvalue weighted by atomic mass is 9.86. The van der Waals surface area contributed by atoms with Gasteiger partial charge in [-0.1, -0.05) is 0 Å². The number of carbonyl (C=O) groups excluding carboxylic acids is 2. The normalized spacial score (nSPS) is 18.2. The molecule has 1 heterocycles. The van der Waals surface area contributed by atoms with Crippen LogP contribution in [0, 0.1) is 0 Å². The zero-order chi connectivity index (χ0) is 31.9. The van der Waals surface area contributed by atoms with Crippen molar-refractivity contribution in [2.75, 3.05) is 20.2 Å². The van der Waals surface area contributed by atoms with Crippen LogP contribution in [0.15, 0.2) is 29.3 Å². The third kappa shape index (κ3) is 11.4. The van der Waals surface area contributed by atoms with E-state index in [-0.39, 0.29) is 30.4 Å². The van der Waals surface area contributed by atoms with Gasteiger partial charge < -0.3 is 24.4 Å². The van der Waals surface area contributed by atoms with Gasteiger partial charge in [-0.05, 0) is 99.3 Å². The van der Waals surface area contributed by atoms with Crippen molar-refractivity contribution in [1.82, 2.24) is 19.9 Å². The average molecular weight is 637 g/mol. The fraction of sp³-hybridized carbons (Fsp3) is 0.645. The molecule has 0 spiro atoms. The second kappa shape index (κ2) is 14.9. The number of hydrogen-bond donors (Lipinski definition) is 2. The Morgan fingerprint density at radius 1 is 1.12 bits per heavy atom. The van der Waals surface area contributed by atoms with Gasteiger partial charge in [-0.2, -0.15) is 0 Å². The summed E-state index contributed by atoms with van der Waals surface area (Å²) in [4.78, 5) is 32.0. The first-order valence-corrected chi connectivity index (χ1v) is 16.8. The largest absolute Gasteiger partial charge is 0.492 e. The zero-order valence-electron chi connectivity index (χ0n) is 26.9. The Labute approximate surface area is 262 Å². The number of likely N-dealkylation sites (N-methyl/N-ethyl adjacent to an activating group) is 1. The van der Waals surface area contributed by atoms with Crippen molar-refractivity contribution < 1.29 is 28.0 Å². The van der Waals surface area contributed by atoms with E-state index in [1.165, 1.54) is 4.90 Å². The molecule has 2 aromatic rings. The van der Waals surface area contributed by atoms with E-state index >= 15 is 0 Å². The van der Waals surface area contributed by atoms with Crippen LogP contribution < -0.4 is 14.8 Å². The maximum atomic E-state index is 13.5. The summed E-state index contributed by atoms with van der Waals surface area (Å²) in [5.41, 5.74) is -0.108. The Morgan fingerprint density at radius 2 is 1.79 bits per heavy atom. The van der Waals surface area contributed by atoms with Crippen LogP contribution in [0.4, 0.5) is 9.59 Å². The molecule has 12 heteroatoms. The molecular formula is C31H48N4O6S2. The highest BCUT2D eigenvalue weighted by molar-refractivity contribution is 7.83. The predicted octanol–water partition coefficient (Wildman–Crippen LogP) is 6.63. The molecule has 2 N–H and O–H groups in total. The third-order valence-electron chi connectivity index (χ3n) is 6.48. The molecule has 1 fully saturated rings. The number of alkyl carbamates (subject to hydrolysis) is 1. The molecule has 1 aliphatic carbocycles. The number of ether oxygens (including phenoxy) is 3. The van der Waals surface area contributed by atoms with Crippen LogP contribution in [-0.4, -0.2) is 69.8 Å². The molecule has 1 saturated carbocycles. The highest BCUT2D eigenvalue weighted by Gasteiger charge is 2.27. The molecule has 1 unspecified atom stereocenters. The van der Waals surface area contributed by atoms with Crippen LogP contribution in [0.3, 0.4) is 0 Å². The molecule has 0 radical (unpaired) electrons. The van der Waals surface area contributed by atoms with Crippen LogP contribution in [-0.2, 0) is 20.5 Å². The smallest absolute Gasteiger partial charge is 0.410 e. The minimum atomic E-state index is -1.51. The molecule has 240 valence electrons. The van der Waals surface area contributed by atoms with E-state index in [2.05, 4.69) is 10.0 Å². The molecule has 1 aromatic heterocycles. The first kappa shape index (κ1) is 34.8. The maximum absolute atomic E-state index is 13.5. The zero-order valence-corrected chi connectivity index (χ0v) is 28.6. The molecule has 0 aliphatic heterocycles. The van der Waals surface area contributed by atoms with Gasteiger partial charge in [-0.3, -0.25) is 0 Å². The fourth-order valence-electron chi connectivity index (χ4n) is 4.51. The monoisotopic (exact) mass is 636 g/mol. The number of nitrogens with zero attached hydrogens (tertiary/aromatic N) is 2. The van der Waals surface area contributed by atoms with Crippen LogP contribution in [0.2, 0.25) is 0 Å². The Bertz CT molecular complexity index is 1260. The minimum Gasteiger partial charge on any atom is -0.492 e. The lowest BCUT2D eigenvalue weighted by Crippen LogP contribution is -2.38. The van der Waals surface area contributed by atoms with E-state index < -0.39 is 22.7 Å². The minimum absolute atomic E-state index is 0.107. The Balaban J connectivity index is 1.70. The summed E-state index contributed by atoms with van der Waals surface area (Å²) < 4.78 is 33.3. The molecule has 1 aliphatic rings. The van der Waals surface area contributed by atoms with Crippen LogP contribution in [0.1, 0.15) is 92.0 Å². The van der Waals surface area contributed by atoms with Crippen LogP contribution >= 0.6 is 11.3 Å². The van der Waals surface area contributed by atoms with E-state index in [9.17, 15) is 13.8 Å². The molecule has 3 rings (SSSR count). The SMILES string of the molecule is CC(C)OC(=O)NC1CCC(c2ncc(-c3ccc(OCCN(C)C(=O)OC(C)(C)C)cc3S(=O)NC(C)(C)C)s2)CC1. The van der Waals surface area contributed by atoms with Gasteiger partial charge in [0.25, 0.3) is 0 Å². The van der Waals surface area contributed by atoms with Crippen LogP contribution in [0.5, 0.6) is 5.75 Å². The van der Waals surface area contributed by atoms with Gasteiger partial charge in [0.05, 0.1) is 27.4 Å².